The molecule has 1 aliphatic rings. The SMILES string of the molecule is CN=C(NCc1ncnn1C)NCC(C)N1CCC(C)CC1.I. The summed E-state index contributed by atoms with van der Waals surface area (Å²) in [7, 11) is 3.68. The number of hydrogen-bond acceptors (Lipinski definition) is 4. The van der Waals surface area contributed by atoms with Gasteiger partial charge in [-0.1, -0.05) is 6.92 Å². The highest BCUT2D eigenvalue weighted by molar-refractivity contribution is 14.0. The van der Waals surface area contributed by atoms with E-state index < -0.39 is 0 Å². The highest BCUT2D eigenvalue weighted by Crippen LogP contribution is 2.17. The van der Waals surface area contributed by atoms with Crippen molar-refractivity contribution < 1.29 is 0 Å². The summed E-state index contributed by atoms with van der Waals surface area (Å²) >= 11 is 0. The Kier molecular flexibility index (Phi) is 8.82. The molecule has 2 heterocycles. The van der Waals surface area contributed by atoms with Gasteiger partial charge >= 0.3 is 0 Å². The fourth-order valence-corrected chi connectivity index (χ4v) is 2.71. The fraction of sp³-hybridized carbons (Fsp3) is 0.800. The normalized spacial score (nSPS) is 18.3. The summed E-state index contributed by atoms with van der Waals surface area (Å²) in [6.45, 7) is 8.54. The molecule has 1 aliphatic heterocycles. The zero-order valence-corrected chi connectivity index (χ0v) is 16.9. The highest BCUT2D eigenvalue weighted by Gasteiger charge is 2.20. The molecule has 0 aromatic carbocycles. The second-order valence-electron chi connectivity index (χ2n) is 6.17. The second-order valence-corrected chi connectivity index (χ2v) is 6.17. The maximum absolute atomic E-state index is 4.26. The Morgan fingerprint density at radius 3 is 2.65 bits per heavy atom. The highest BCUT2D eigenvalue weighted by atomic mass is 127. The van der Waals surface area contributed by atoms with Crippen LogP contribution in [0.4, 0.5) is 0 Å². The first kappa shape index (κ1) is 20.1. The maximum Gasteiger partial charge on any atom is 0.191 e. The van der Waals surface area contributed by atoms with Crippen molar-refractivity contribution in [2.75, 3.05) is 26.7 Å². The molecule has 0 bridgehead atoms. The molecule has 132 valence electrons. The molecule has 1 aromatic rings. The first-order chi connectivity index (χ1) is 10.6. The van der Waals surface area contributed by atoms with E-state index in [1.165, 1.54) is 25.9 Å². The Morgan fingerprint density at radius 2 is 2.09 bits per heavy atom. The fourth-order valence-electron chi connectivity index (χ4n) is 2.71. The molecule has 0 amide bonds. The molecule has 0 saturated carbocycles. The molecule has 2 rings (SSSR count). The van der Waals surface area contributed by atoms with Crippen molar-refractivity contribution in [3.63, 3.8) is 0 Å². The van der Waals surface area contributed by atoms with E-state index in [0.717, 1.165) is 24.2 Å². The van der Waals surface area contributed by atoms with Gasteiger partial charge in [-0.15, -0.1) is 24.0 Å². The first-order valence-electron chi connectivity index (χ1n) is 8.11. The van der Waals surface area contributed by atoms with Crippen LogP contribution in [-0.4, -0.2) is 58.3 Å². The average Bonchev–Trinajstić information content (AvgIpc) is 2.93. The third kappa shape index (κ3) is 6.25. The van der Waals surface area contributed by atoms with Crippen molar-refractivity contribution in [2.24, 2.45) is 18.0 Å². The Labute approximate surface area is 156 Å². The Hall–Kier alpha value is -0.900. The number of nitrogens with zero attached hydrogens (tertiary/aromatic N) is 5. The van der Waals surface area contributed by atoms with Crippen molar-refractivity contribution in [2.45, 2.75) is 39.3 Å². The standard InChI is InChI=1S/C15H29N7.HI/c1-12-5-7-22(8-6-12)13(2)9-17-15(16-3)18-10-14-19-11-20-21(14)4;/h11-13H,5-10H2,1-4H3,(H2,16,17,18);1H. The predicted molar refractivity (Wildman–Crippen MR) is 104 cm³/mol. The van der Waals surface area contributed by atoms with Gasteiger partial charge in [-0.3, -0.25) is 14.6 Å². The monoisotopic (exact) mass is 435 g/mol. The number of rotatable bonds is 5. The molecule has 0 radical (unpaired) electrons. The molecule has 23 heavy (non-hydrogen) atoms. The van der Waals surface area contributed by atoms with Gasteiger partial charge in [0.15, 0.2) is 5.96 Å². The lowest BCUT2D eigenvalue weighted by atomic mass is 9.98. The molecule has 0 aliphatic carbocycles. The van der Waals surface area contributed by atoms with Gasteiger partial charge in [0.2, 0.25) is 0 Å². The van der Waals surface area contributed by atoms with Crippen LogP contribution >= 0.6 is 24.0 Å². The van der Waals surface area contributed by atoms with Gasteiger partial charge in [-0.2, -0.15) is 5.10 Å². The summed E-state index contributed by atoms with van der Waals surface area (Å²) in [4.78, 5) is 11.0. The van der Waals surface area contributed by atoms with E-state index in [-0.39, 0.29) is 24.0 Å². The molecule has 1 saturated heterocycles. The van der Waals surface area contributed by atoms with Crippen LogP contribution in [0.5, 0.6) is 0 Å². The summed E-state index contributed by atoms with van der Waals surface area (Å²) in [6, 6.07) is 0.515. The van der Waals surface area contributed by atoms with Crippen molar-refractivity contribution >= 4 is 29.9 Å². The Balaban J connectivity index is 0.00000264. The number of likely N-dealkylation sites (tertiary alicyclic amines) is 1. The third-order valence-electron chi connectivity index (χ3n) is 4.45. The number of aromatic nitrogens is 3. The van der Waals surface area contributed by atoms with E-state index >= 15 is 0 Å². The molecular weight excluding hydrogens is 405 g/mol. The number of halogens is 1. The van der Waals surface area contributed by atoms with E-state index in [1.807, 2.05) is 7.05 Å². The van der Waals surface area contributed by atoms with Crippen LogP contribution in [0.2, 0.25) is 0 Å². The second kappa shape index (κ2) is 10.1. The number of aliphatic imine (C=N–C) groups is 1. The Morgan fingerprint density at radius 1 is 1.39 bits per heavy atom. The van der Waals surface area contributed by atoms with Gasteiger partial charge in [0.05, 0.1) is 6.54 Å². The molecule has 0 spiro atoms. The minimum absolute atomic E-state index is 0. The first-order valence-corrected chi connectivity index (χ1v) is 8.11. The molecule has 1 atom stereocenters. The van der Waals surface area contributed by atoms with Crippen LogP contribution < -0.4 is 10.6 Å². The van der Waals surface area contributed by atoms with Gasteiger partial charge in [0.1, 0.15) is 12.2 Å². The molecule has 1 unspecified atom stereocenters. The van der Waals surface area contributed by atoms with Crippen LogP contribution in [0.3, 0.4) is 0 Å². The molecule has 1 aromatic heterocycles. The lowest BCUT2D eigenvalue weighted by Gasteiger charge is -2.35. The minimum atomic E-state index is 0. The predicted octanol–water partition coefficient (Wildman–Crippen LogP) is 1.22. The van der Waals surface area contributed by atoms with E-state index in [1.54, 1.807) is 18.1 Å². The molecular formula is C15H30IN7. The van der Waals surface area contributed by atoms with Gasteiger partial charge in [-0.05, 0) is 38.8 Å². The van der Waals surface area contributed by atoms with Crippen LogP contribution in [0, 0.1) is 5.92 Å². The lowest BCUT2D eigenvalue weighted by Crippen LogP contribution is -2.48. The van der Waals surface area contributed by atoms with Gasteiger partial charge < -0.3 is 10.6 Å². The van der Waals surface area contributed by atoms with Crippen molar-refractivity contribution in [1.82, 2.24) is 30.3 Å². The van der Waals surface area contributed by atoms with Gasteiger partial charge in [-0.25, -0.2) is 4.98 Å². The number of hydrogen-bond donors (Lipinski definition) is 2. The molecule has 2 N–H and O–H groups in total. The summed E-state index contributed by atoms with van der Waals surface area (Å²) in [5.74, 6) is 2.57. The van der Waals surface area contributed by atoms with E-state index in [4.69, 9.17) is 0 Å². The smallest absolute Gasteiger partial charge is 0.191 e. The summed E-state index contributed by atoms with van der Waals surface area (Å²) < 4.78 is 1.76. The quantitative estimate of drug-likeness (QED) is 0.414. The topological polar surface area (TPSA) is 70.4 Å². The van der Waals surface area contributed by atoms with Crippen LogP contribution in [0.1, 0.15) is 32.5 Å². The van der Waals surface area contributed by atoms with Crippen LogP contribution in [0.15, 0.2) is 11.3 Å². The summed E-state index contributed by atoms with van der Waals surface area (Å²) in [6.07, 6.45) is 4.18. The minimum Gasteiger partial charge on any atom is -0.355 e. The number of aryl methyl sites for hydroxylation is 1. The lowest BCUT2D eigenvalue weighted by molar-refractivity contribution is 0.147. The van der Waals surface area contributed by atoms with Crippen LogP contribution in [0.25, 0.3) is 0 Å². The number of guanidine groups is 1. The zero-order valence-electron chi connectivity index (χ0n) is 14.6. The third-order valence-corrected chi connectivity index (χ3v) is 4.45. The zero-order chi connectivity index (χ0) is 15.9. The van der Waals surface area contributed by atoms with Crippen LogP contribution in [-0.2, 0) is 13.6 Å². The van der Waals surface area contributed by atoms with E-state index in [0.29, 0.717) is 12.6 Å². The Bertz CT molecular complexity index is 480. The molecule has 7 nitrogen and oxygen atoms in total. The number of piperidine rings is 1. The number of nitrogens with one attached hydrogen (secondary N) is 2. The van der Waals surface area contributed by atoms with Gasteiger partial charge in [0, 0.05) is 26.7 Å². The van der Waals surface area contributed by atoms with Crippen molar-refractivity contribution in [3.05, 3.63) is 12.2 Å². The summed E-state index contributed by atoms with van der Waals surface area (Å²) in [5.41, 5.74) is 0. The maximum atomic E-state index is 4.26. The average molecular weight is 435 g/mol. The van der Waals surface area contributed by atoms with E-state index in [2.05, 4.69) is 44.5 Å². The van der Waals surface area contributed by atoms with Gasteiger partial charge in [0.25, 0.3) is 0 Å². The molecule has 8 heteroatoms. The summed E-state index contributed by atoms with van der Waals surface area (Å²) in [5, 5.41) is 10.7. The van der Waals surface area contributed by atoms with Crippen molar-refractivity contribution in [3.8, 4) is 0 Å². The largest absolute Gasteiger partial charge is 0.355 e. The molecule has 1 fully saturated rings. The van der Waals surface area contributed by atoms with E-state index in [9.17, 15) is 0 Å². The van der Waals surface area contributed by atoms with Crippen molar-refractivity contribution in [1.29, 1.82) is 0 Å².